The molecule has 1 rings (SSSR count). The lowest BCUT2D eigenvalue weighted by Gasteiger charge is -2.00. The Morgan fingerprint density at radius 1 is 1.60 bits per heavy atom. The fraction of sp³-hybridized carbons (Fsp3) is 0.625. The van der Waals surface area contributed by atoms with Crippen molar-refractivity contribution in [2.24, 2.45) is 5.73 Å². The predicted molar refractivity (Wildman–Crippen MR) is 54.1 cm³/mol. The number of amides is 1. The second kappa shape index (κ2) is 5.30. The van der Waals surface area contributed by atoms with Gasteiger partial charge in [-0.3, -0.25) is 4.79 Å². The van der Waals surface area contributed by atoms with Crippen molar-refractivity contribution in [3.05, 3.63) is 5.89 Å². The number of carbonyl (C=O) groups excluding carboxylic acids is 1. The van der Waals surface area contributed by atoms with Crippen LogP contribution >= 0.6 is 0 Å². The number of aromatic nitrogens is 2. The molecule has 1 amide bonds. The number of nitrogens with zero attached hydrogens (tertiary/aromatic N) is 2. The maximum absolute atomic E-state index is 10.9. The third-order valence-corrected chi connectivity index (χ3v) is 1.74. The number of hydrogen-bond donors (Lipinski definition) is 3. The molecule has 4 N–H and O–H groups in total. The van der Waals surface area contributed by atoms with E-state index in [0.29, 0.717) is 18.9 Å². The van der Waals surface area contributed by atoms with Crippen molar-refractivity contribution in [3.63, 3.8) is 0 Å². The van der Waals surface area contributed by atoms with Gasteiger partial charge < -0.3 is 20.8 Å². The molecule has 84 valence electrons. The van der Waals surface area contributed by atoms with Crippen molar-refractivity contribution in [1.29, 1.82) is 0 Å². The molecule has 1 aromatic heterocycles. The molecule has 1 atom stereocenters. The zero-order valence-electron chi connectivity index (χ0n) is 8.78. The summed E-state index contributed by atoms with van der Waals surface area (Å²) in [5, 5.41) is 12.8. The molecule has 0 aliphatic heterocycles. The van der Waals surface area contributed by atoms with E-state index in [1.807, 2.05) is 0 Å². The molecule has 15 heavy (non-hydrogen) atoms. The SMILES string of the molecule is CNC(=O)CCNc1nnc(C(C)N)o1. The maximum Gasteiger partial charge on any atom is 0.315 e. The Balaban J connectivity index is 2.34. The summed E-state index contributed by atoms with van der Waals surface area (Å²) in [4.78, 5) is 10.9. The van der Waals surface area contributed by atoms with Crippen LogP contribution in [0.2, 0.25) is 0 Å². The van der Waals surface area contributed by atoms with E-state index in [0.717, 1.165) is 0 Å². The van der Waals surface area contributed by atoms with Gasteiger partial charge in [0.05, 0.1) is 6.04 Å². The fourth-order valence-electron chi connectivity index (χ4n) is 0.898. The van der Waals surface area contributed by atoms with E-state index in [2.05, 4.69) is 20.8 Å². The lowest BCUT2D eigenvalue weighted by molar-refractivity contribution is -0.120. The molecule has 7 heteroatoms. The van der Waals surface area contributed by atoms with Gasteiger partial charge >= 0.3 is 6.01 Å². The van der Waals surface area contributed by atoms with Crippen LogP contribution in [0.3, 0.4) is 0 Å². The molecule has 0 saturated heterocycles. The third kappa shape index (κ3) is 3.55. The Bertz CT molecular complexity index is 323. The standard InChI is InChI=1S/C8H15N5O2/c1-5(9)7-12-13-8(15-7)11-4-3-6(14)10-2/h5H,3-4,9H2,1-2H3,(H,10,14)(H,11,13). The van der Waals surface area contributed by atoms with Crippen molar-refractivity contribution in [2.45, 2.75) is 19.4 Å². The summed E-state index contributed by atoms with van der Waals surface area (Å²) in [6.45, 7) is 2.20. The fourth-order valence-corrected chi connectivity index (χ4v) is 0.898. The summed E-state index contributed by atoms with van der Waals surface area (Å²) in [5.74, 6) is 0.326. The van der Waals surface area contributed by atoms with Gasteiger partial charge in [-0.25, -0.2) is 0 Å². The van der Waals surface area contributed by atoms with E-state index >= 15 is 0 Å². The Labute approximate surface area is 87.4 Å². The van der Waals surface area contributed by atoms with Crippen LogP contribution in [0.4, 0.5) is 6.01 Å². The Hall–Kier alpha value is -1.63. The smallest absolute Gasteiger partial charge is 0.315 e. The first-order valence-corrected chi connectivity index (χ1v) is 4.67. The van der Waals surface area contributed by atoms with E-state index in [1.54, 1.807) is 14.0 Å². The third-order valence-electron chi connectivity index (χ3n) is 1.74. The van der Waals surface area contributed by atoms with Crippen LogP contribution in [0.25, 0.3) is 0 Å². The average Bonchev–Trinajstić information content (AvgIpc) is 2.66. The number of rotatable bonds is 5. The molecule has 0 saturated carbocycles. The van der Waals surface area contributed by atoms with Gasteiger partial charge in [0.1, 0.15) is 0 Å². The molecule has 1 unspecified atom stereocenters. The van der Waals surface area contributed by atoms with Crippen molar-refractivity contribution >= 4 is 11.9 Å². The van der Waals surface area contributed by atoms with Crippen LogP contribution in [0, 0.1) is 0 Å². The predicted octanol–water partition coefficient (Wildman–Crippen LogP) is -0.363. The van der Waals surface area contributed by atoms with E-state index in [1.165, 1.54) is 0 Å². The molecule has 0 bridgehead atoms. The molecule has 0 aliphatic rings. The van der Waals surface area contributed by atoms with Crippen LogP contribution in [0.1, 0.15) is 25.3 Å². The zero-order chi connectivity index (χ0) is 11.3. The van der Waals surface area contributed by atoms with Gasteiger partial charge in [0.2, 0.25) is 11.8 Å². The van der Waals surface area contributed by atoms with E-state index in [-0.39, 0.29) is 18.0 Å². The molecule has 1 aromatic rings. The van der Waals surface area contributed by atoms with Crippen molar-refractivity contribution < 1.29 is 9.21 Å². The Morgan fingerprint density at radius 3 is 2.87 bits per heavy atom. The van der Waals surface area contributed by atoms with Crippen molar-refractivity contribution in [2.75, 3.05) is 18.9 Å². The van der Waals surface area contributed by atoms with Crippen LogP contribution < -0.4 is 16.4 Å². The average molecular weight is 213 g/mol. The summed E-state index contributed by atoms with van der Waals surface area (Å²) >= 11 is 0. The van der Waals surface area contributed by atoms with Gasteiger partial charge in [-0.15, -0.1) is 5.10 Å². The molecular formula is C8H15N5O2. The van der Waals surface area contributed by atoms with Gasteiger partial charge in [0, 0.05) is 20.0 Å². The minimum absolute atomic E-state index is 0.0468. The van der Waals surface area contributed by atoms with E-state index in [9.17, 15) is 4.79 Å². The van der Waals surface area contributed by atoms with Crippen LogP contribution in [0.15, 0.2) is 4.42 Å². The molecule has 0 aliphatic carbocycles. The number of nitrogens with two attached hydrogens (primary N) is 1. The second-order valence-corrected chi connectivity index (χ2v) is 3.08. The first kappa shape index (κ1) is 11.4. The summed E-state index contributed by atoms with van der Waals surface area (Å²) in [6, 6.07) is -0.00167. The highest BCUT2D eigenvalue weighted by atomic mass is 16.4. The second-order valence-electron chi connectivity index (χ2n) is 3.08. The van der Waals surface area contributed by atoms with Crippen molar-refractivity contribution in [1.82, 2.24) is 15.5 Å². The number of anilines is 1. The van der Waals surface area contributed by atoms with E-state index in [4.69, 9.17) is 10.2 Å². The highest BCUT2D eigenvalue weighted by molar-refractivity contribution is 5.75. The molecule has 0 spiro atoms. The van der Waals surface area contributed by atoms with Crippen LogP contribution in [-0.4, -0.2) is 29.7 Å². The summed E-state index contributed by atoms with van der Waals surface area (Å²) in [5.41, 5.74) is 5.54. The largest absolute Gasteiger partial charge is 0.406 e. The molecule has 0 aromatic carbocycles. The van der Waals surface area contributed by atoms with Crippen LogP contribution in [-0.2, 0) is 4.79 Å². The lowest BCUT2D eigenvalue weighted by Crippen LogP contribution is -2.20. The number of carbonyl (C=O) groups is 1. The molecule has 0 fully saturated rings. The Morgan fingerprint density at radius 2 is 2.33 bits per heavy atom. The normalized spacial score (nSPS) is 12.2. The summed E-state index contributed by atoms with van der Waals surface area (Å²) in [6.07, 6.45) is 0.354. The van der Waals surface area contributed by atoms with Gasteiger partial charge in [0.25, 0.3) is 0 Å². The highest BCUT2D eigenvalue weighted by Crippen LogP contribution is 2.10. The molecule has 1 heterocycles. The minimum Gasteiger partial charge on any atom is -0.406 e. The Kier molecular flexibility index (Phi) is 4.04. The molecule has 7 nitrogen and oxygen atoms in total. The topological polar surface area (TPSA) is 106 Å². The number of hydrogen-bond acceptors (Lipinski definition) is 6. The van der Waals surface area contributed by atoms with Gasteiger partial charge in [-0.2, -0.15) is 0 Å². The maximum atomic E-state index is 10.9. The van der Waals surface area contributed by atoms with Crippen LogP contribution in [0.5, 0.6) is 0 Å². The lowest BCUT2D eigenvalue weighted by atomic mass is 10.4. The zero-order valence-corrected chi connectivity index (χ0v) is 8.78. The molecular weight excluding hydrogens is 198 g/mol. The quantitative estimate of drug-likeness (QED) is 0.616. The summed E-state index contributed by atoms with van der Waals surface area (Å²) < 4.78 is 5.17. The summed E-state index contributed by atoms with van der Waals surface area (Å²) in [7, 11) is 1.59. The first-order valence-electron chi connectivity index (χ1n) is 4.67. The monoisotopic (exact) mass is 213 g/mol. The van der Waals surface area contributed by atoms with Gasteiger partial charge in [-0.05, 0) is 6.92 Å². The number of nitrogens with one attached hydrogen (secondary N) is 2. The van der Waals surface area contributed by atoms with E-state index < -0.39 is 0 Å². The van der Waals surface area contributed by atoms with Gasteiger partial charge in [-0.1, -0.05) is 5.10 Å². The highest BCUT2D eigenvalue weighted by Gasteiger charge is 2.09. The molecule has 0 radical (unpaired) electrons. The van der Waals surface area contributed by atoms with Gasteiger partial charge in [0.15, 0.2) is 0 Å². The first-order chi connectivity index (χ1) is 7.13. The van der Waals surface area contributed by atoms with Crippen molar-refractivity contribution in [3.8, 4) is 0 Å². The minimum atomic E-state index is -0.285.